The van der Waals surface area contributed by atoms with Crippen LogP contribution in [0.15, 0.2) is 58.4 Å². The summed E-state index contributed by atoms with van der Waals surface area (Å²) in [5, 5.41) is 12.6. The van der Waals surface area contributed by atoms with Crippen LogP contribution in [-0.4, -0.2) is 22.1 Å². The van der Waals surface area contributed by atoms with E-state index in [-0.39, 0.29) is 11.4 Å². The quantitative estimate of drug-likeness (QED) is 0.479. The molecule has 130 valence electrons. The molecule has 0 unspecified atom stereocenters. The zero-order valence-corrected chi connectivity index (χ0v) is 14.0. The van der Waals surface area contributed by atoms with Gasteiger partial charge in [-0.1, -0.05) is 12.1 Å². The SMILES string of the molecule is CN(Cc1cccc(O)c1)c1c(Nc2ccc3[nH]cnc3c2)c(=O)c1=O. The molecule has 7 nitrogen and oxygen atoms in total. The minimum Gasteiger partial charge on any atom is -0.508 e. The Kier molecular flexibility index (Phi) is 3.69. The minimum atomic E-state index is -0.537. The van der Waals surface area contributed by atoms with E-state index in [1.165, 1.54) is 0 Å². The Bertz CT molecular complexity index is 1170. The zero-order valence-electron chi connectivity index (χ0n) is 14.0. The highest BCUT2D eigenvalue weighted by molar-refractivity contribution is 5.84. The standard InChI is InChI=1S/C19H16N4O3/c1-23(9-11-3-2-4-13(24)7-11)17-16(18(25)19(17)26)22-12-5-6-14-15(8-12)21-10-20-14/h2-8,10,22,24H,9H2,1H3,(H,20,21). The van der Waals surface area contributed by atoms with Gasteiger partial charge in [0.1, 0.15) is 17.1 Å². The van der Waals surface area contributed by atoms with E-state index in [1.807, 2.05) is 24.3 Å². The number of aromatic nitrogens is 2. The van der Waals surface area contributed by atoms with Crippen molar-refractivity contribution < 1.29 is 5.11 Å². The van der Waals surface area contributed by atoms with Gasteiger partial charge < -0.3 is 20.3 Å². The normalized spacial score (nSPS) is 11.1. The van der Waals surface area contributed by atoms with Crippen molar-refractivity contribution in [2.75, 3.05) is 17.3 Å². The summed E-state index contributed by atoms with van der Waals surface area (Å²) in [4.78, 5) is 33.0. The van der Waals surface area contributed by atoms with Crippen LogP contribution in [0.4, 0.5) is 17.1 Å². The molecule has 26 heavy (non-hydrogen) atoms. The lowest BCUT2D eigenvalue weighted by Gasteiger charge is -2.23. The smallest absolute Gasteiger partial charge is 0.253 e. The second-order valence-electron chi connectivity index (χ2n) is 6.17. The maximum Gasteiger partial charge on any atom is 0.253 e. The molecule has 0 aliphatic rings. The number of imidazole rings is 1. The van der Waals surface area contributed by atoms with Crippen molar-refractivity contribution in [1.82, 2.24) is 9.97 Å². The Balaban J connectivity index is 1.61. The number of aromatic amines is 1. The lowest BCUT2D eigenvalue weighted by atomic mass is 10.1. The molecule has 3 aromatic carbocycles. The Morgan fingerprint density at radius 2 is 2.00 bits per heavy atom. The highest BCUT2D eigenvalue weighted by Gasteiger charge is 2.24. The fourth-order valence-electron chi connectivity index (χ4n) is 3.02. The van der Waals surface area contributed by atoms with Crippen LogP contribution in [0.2, 0.25) is 0 Å². The molecule has 0 amide bonds. The van der Waals surface area contributed by atoms with E-state index in [9.17, 15) is 14.7 Å². The van der Waals surface area contributed by atoms with E-state index >= 15 is 0 Å². The van der Waals surface area contributed by atoms with E-state index in [0.29, 0.717) is 17.9 Å². The highest BCUT2D eigenvalue weighted by atomic mass is 16.3. The average Bonchev–Trinajstić information content (AvgIpc) is 3.08. The molecule has 3 N–H and O–H groups in total. The predicted octanol–water partition coefficient (Wildman–Crippen LogP) is 2.24. The second kappa shape index (κ2) is 6.03. The minimum absolute atomic E-state index is 0.159. The van der Waals surface area contributed by atoms with Crippen LogP contribution in [-0.2, 0) is 6.54 Å². The van der Waals surface area contributed by atoms with Crippen LogP contribution in [0.25, 0.3) is 11.0 Å². The monoisotopic (exact) mass is 348 g/mol. The van der Waals surface area contributed by atoms with Crippen LogP contribution in [0.1, 0.15) is 5.56 Å². The maximum atomic E-state index is 12.1. The van der Waals surface area contributed by atoms with Gasteiger partial charge in [0.2, 0.25) is 0 Å². The number of rotatable bonds is 5. The summed E-state index contributed by atoms with van der Waals surface area (Å²) in [6, 6.07) is 12.3. The molecule has 1 aromatic heterocycles. The van der Waals surface area contributed by atoms with Crippen LogP contribution >= 0.6 is 0 Å². The Labute approximate surface area is 148 Å². The molecular weight excluding hydrogens is 332 g/mol. The number of hydrogen-bond donors (Lipinski definition) is 3. The Hall–Kier alpha value is -3.61. The third-order valence-corrected chi connectivity index (χ3v) is 4.29. The topological polar surface area (TPSA) is 98.3 Å². The molecule has 0 saturated carbocycles. The van der Waals surface area contributed by atoms with Crippen LogP contribution < -0.4 is 21.1 Å². The van der Waals surface area contributed by atoms with Crippen molar-refractivity contribution in [3.63, 3.8) is 0 Å². The molecule has 4 rings (SSSR count). The number of anilines is 3. The number of fused-ring (bicyclic) bond motifs is 1. The summed E-state index contributed by atoms with van der Waals surface area (Å²) in [5.41, 5.74) is 2.73. The molecule has 0 atom stereocenters. The molecule has 0 aliphatic heterocycles. The van der Waals surface area contributed by atoms with Gasteiger partial charge in [-0.25, -0.2) is 4.98 Å². The number of nitrogens with zero attached hydrogens (tertiary/aromatic N) is 2. The fraction of sp³-hybridized carbons (Fsp3) is 0.105. The summed E-state index contributed by atoms with van der Waals surface area (Å²) in [7, 11) is 1.74. The van der Waals surface area contributed by atoms with Crippen molar-refractivity contribution >= 4 is 28.1 Å². The maximum absolute atomic E-state index is 12.1. The molecule has 4 aromatic rings. The van der Waals surface area contributed by atoms with Crippen LogP contribution in [0.3, 0.4) is 0 Å². The first-order valence-corrected chi connectivity index (χ1v) is 8.05. The third kappa shape index (κ3) is 2.69. The fourth-order valence-corrected chi connectivity index (χ4v) is 3.02. The Morgan fingerprint density at radius 3 is 2.81 bits per heavy atom. The van der Waals surface area contributed by atoms with Crippen molar-refractivity contribution in [3.8, 4) is 5.75 Å². The summed E-state index contributed by atoms with van der Waals surface area (Å²) >= 11 is 0. The lowest BCUT2D eigenvalue weighted by molar-refractivity contribution is 0.474. The molecule has 0 aliphatic carbocycles. The van der Waals surface area contributed by atoms with Crippen molar-refractivity contribution in [2.24, 2.45) is 0 Å². The number of hydrogen-bond acceptors (Lipinski definition) is 6. The number of aromatic hydroxyl groups is 1. The van der Waals surface area contributed by atoms with Crippen molar-refractivity contribution in [3.05, 3.63) is 74.8 Å². The zero-order chi connectivity index (χ0) is 18.3. The molecule has 7 heteroatoms. The first-order valence-electron chi connectivity index (χ1n) is 8.05. The Morgan fingerprint density at radius 1 is 1.15 bits per heavy atom. The molecule has 0 bridgehead atoms. The van der Waals surface area contributed by atoms with E-state index in [1.54, 1.807) is 36.5 Å². The highest BCUT2D eigenvalue weighted by Crippen LogP contribution is 2.26. The van der Waals surface area contributed by atoms with E-state index in [0.717, 1.165) is 16.6 Å². The van der Waals surface area contributed by atoms with Gasteiger partial charge in [0.25, 0.3) is 10.9 Å². The molecule has 0 radical (unpaired) electrons. The largest absolute Gasteiger partial charge is 0.508 e. The van der Waals surface area contributed by atoms with E-state index in [2.05, 4.69) is 15.3 Å². The average molecular weight is 348 g/mol. The summed E-state index contributed by atoms with van der Waals surface area (Å²) in [6.07, 6.45) is 1.60. The number of phenolic OH excluding ortho intramolecular Hbond substituents is 1. The number of phenols is 1. The van der Waals surface area contributed by atoms with Crippen LogP contribution in [0.5, 0.6) is 5.75 Å². The van der Waals surface area contributed by atoms with Crippen molar-refractivity contribution in [1.29, 1.82) is 0 Å². The predicted molar refractivity (Wildman–Crippen MR) is 101 cm³/mol. The summed E-state index contributed by atoms with van der Waals surface area (Å²) < 4.78 is 0. The molecular formula is C19H16N4O3. The van der Waals surface area contributed by atoms with Gasteiger partial charge in [0, 0.05) is 19.3 Å². The van der Waals surface area contributed by atoms with E-state index < -0.39 is 10.9 Å². The number of H-pyrrole nitrogens is 1. The summed E-state index contributed by atoms with van der Waals surface area (Å²) in [6.45, 7) is 0.395. The molecule has 1 heterocycles. The number of nitrogens with one attached hydrogen (secondary N) is 2. The lowest BCUT2D eigenvalue weighted by Crippen LogP contribution is -2.40. The van der Waals surface area contributed by atoms with Gasteiger partial charge in [0.15, 0.2) is 0 Å². The van der Waals surface area contributed by atoms with Gasteiger partial charge >= 0.3 is 0 Å². The van der Waals surface area contributed by atoms with Gasteiger partial charge in [-0.2, -0.15) is 0 Å². The molecule has 0 spiro atoms. The molecule has 0 fully saturated rings. The van der Waals surface area contributed by atoms with Gasteiger partial charge in [-0.15, -0.1) is 0 Å². The van der Waals surface area contributed by atoms with Gasteiger partial charge in [-0.3, -0.25) is 9.59 Å². The third-order valence-electron chi connectivity index (χ3n) is 4.29. The molecule has 0 saturated heterocycles. The first-order chi connectivity index (χ1) is 12.5. The van der Waals surface area contributed by atoms with E-state index in [4.69, 9.17) is 0 Å². The number of benzene rings is 2. The second-order valence-corrected chi connectivity index (χ2v) is 6.17. The van der Waals surface area contributed by atoms with Crippen molar-refractivity contribution in [2.45, 2.75) is 6.54 Å². The van der Waals surface area contributed by atoms with Gasteiger partial charge in [0.05, 0.1) is 17.4 Å². The van der Waals surface area contributed by atoms with Gasteiger partial charge in [-0.05, 0) is 35.9 Å². The summed E-state index contributed by atoms with van der Waals surface area (Å²) in [5.74, 6) is 0.159. The van der Waals surface area contributed by atoms with Crippen LogP contribution in [0, 0.1) is 0 Å². The first kappa shape index (κ1) is 15.9.